The van der Waals surface area contributed by atoms with Crippen LogP contribution in [0.3, 0.4) is 0 Å². The van der Waals surface area contributed by atoms with Crippen LogP contribution in [0.25, 0.3) is 16.8 Å². The summed E-state index contributed by atoms with van der Waals surface area (Å²) in [6.45, 7) is 2.60. The summed E-state index contributed by atoms with van der Waals surface area (Å²) >= 11 is 1.43. The molecule has 0 saturated carbocycles. The van der Waals surface area contributed by atoms with Crippen molar-refractivity contribution in [3.8, 4) is 17.3 Å². The monoisotopic (exact) mass is 431 g/mol. The Morgan fingerprint density at radius 3 is 2.61 bits per heavy atom. The first-order chi connectivity index (χ1) is 15.2. The quantitative estimate of drug-likeness (QED) is 0.225. The summed E-state index contributed by atoms with van der Waals surface area (Å²) in [5.41, 5.74) is 3.59. The van der Waals surface area contributed by atoms with Crippen LogP contribution in [0.15, 0.2) is 66.2 Å². The molecule has 0 aliphatic carbocycles. The summed E-state index contributed by atoms with van der Waals surface area (Å²) in [4.78, 5) is 16.7. The van der Waals surface area contributed by atoms with Crippen molar-refractivity contribution < 1.29 is 9.53 Å². The molecule has 1 aromatic heterocycles. The van der Waals surface area contributed by atoms with Crippen molar-refractivity contribution in [3.05, 3.63) is 76.7 Å². The molecule has 0 bridgehead atoms. The van der Waals surface area contributed by atoms with E-state index in [1.54, 1.807) is 30.5 Å². The first kappa shape index (κ1) is 22.3. The Bertz CT molecular complexity index is 1050. The second-order valence-corrected chi connectivity index (χ2v) is 7.85. The molecule has 0 saturated heterocycles. The SMILES string of the molecule is CCCCCCOC(=O)c1ccc(N/C=C(/C#N)c2nc(-c3ccccc3)cs2)cc1. The maximum atomic E-state index is 12.1. The van der Waals surface area contributed by atoms with Crippen molar-refractivity contribution in [2.24, 2.45) is 0 Å². The van der Waals surface area contributed by atoms with Crippen molar-refractivity contribution in [1.82, 2.24) is 4.98 Å². The molecule has 0 radical (unpaired) electrons. The summed E-state index contributed by atoms with van der Waals surface area (Å²) in [7, 11) is 0. The van der Waals surface area contributed by atoms with Gasteiger partial charge in [-0.25, -0.2) is 9.78 Å². The molecule has 158 valence electrons. The molecule has 0 aliphatic rings. The Kier molecular flexibility index (Phi) is 8.39. The zero-order valence-corrected chi connectivity index (χ0v) is 18.3. The van der Waals surface area contributed by atoms with Crippen LogP contribution >= 0.6 is 11.3 Å². The van der Waals surface area contributed by atoms with Gasteiger partial charge >= 0.3 is 5.97 Å². The molecule has 0 aliphatic heterocycles. The first-order valence-corrected chi connectivity index (χ1v) is 11.2. The largest absolute Gasteiger partial charge is 0.462 e. The van der Waals surface area contributed by atoms with Gasteiger partial charge in [-0.05, 0) is 30.7 Å². The highest BCUT2D eigenvalue weighted by atomic mass is 32.1. The number of carbonyl (C=O) groups is 1. The molecule has 0 atom stereocenters. The van der Waals surface area contributed by atoms with Crippen LogP contribution in [-0.4, -0.2) is 17.6 Å². The van der Waals surface area contributed by atoms with Gasteiger partial charge in [-0.1, -0.05) is 56.5 Å². The Hall–Kier alpha value is -3.43. The number of aromatic nitrogens is 1. The van der Waals surface area contributed by atoms with Crippen LogP contribution in [0.4, 0.5) is 5.69 Å². The fourth-order valence-electron chi connectivity index (χ4n) is 2.92. The molecule has 0 fully saturated rings. The number of nitriles is 1. The third-order valence-corrected chi connectivity index (χ3v) is 5.53. The number of benzene rings is 2. The molecule has 1 heterocycles. The predicted octanol–water partition coefficient (Wildman–Crippen LogP) is 6.52. The van der Waals surface area contributed by atoms with Crippen LogP contribution in [0.1, 0.15) is 48.0 Å². The van der Waals surface area contributed by atoms with E-state index in [0.29, 0.717) is 22.8 Å². The molecular formula is C25H25N3O2S. The topological polar surface area (TPSA) is 75.0 Å². The van der Waals surface area contributed by atoms with Gasteiger partial charge in [0.15, 0.2) is 0 Å². The maximum absolute atomic E-state index is 12.1. The molecule has 0 spiro atoms. The highest BCUT2D eigenvalue weighted by Gasteiger charge is 2.09. The number of nitrogens with one attached hydrogen (secondary N) is 1. The van der Waals surface area contributed by atoms with Gasteiger partial charge in [0.05, 0.1) is 17.9 Å². The van der Waals surface area contributed by atoms with Crippen molar-refractivity contribution >= 4 is 28.6 Å². The second-order valence-electron chi connectivity index (χ2n) is 6.99. The number of esters is 1. The molecular weight excluding hydrogens is 406 g/mol. The minimum atomic E-state index is -0.312. The summed E-state index contributed by atoms with van der Waals surface area (Å²) in [6.07, 6.45) is 5.91. The van der Waals surface area contributed by atoms with E-state index in [9.17, 15) is 10.1 Å². The minimum Gasteiger partial charge on any atom is -0.462 e. The normalized spacial score (nSPS) is 11.0. The van der Waals surface area contributed by atoms with E-state index in [0.717, 1.165) is 42.6 Å². The number of ether oxygens (including phenoxy) is 1. The van der Waals surface area contributed by atoms with Gasteiger partial charge in [0.2, 0.25) is 0 Å². The molecule has 2 aromatic carbocycles. The van der Waals surface area contributed by atoms with E-state index in [1.165, 1.54) is 11.3 Å². The standard InChI is InChI=1S/C25H25N3O2S/c1-2-3-4-8-15-30-25(29)20-11-13-22(14-12-20)27-17-21(16-26)24-28-23(18-31-24)19-9-6-5-7-10-19/h5-7,9-14,17-18,27H,2-4,8,15H2,1H3/b21-17-. The van der Waals surface area contributed by atoms with Crippen molar-refractivity contribution in [2.45, 2.75) is 32.6 Å². The second kappa shape index (κ2) is 11.7. The van der Waals surface area contributed by atoms with Crippen molar-refractivity contribution in [1.29, 1.82) is 5.26 Å². The number of thiazole rings is 1. The lowest BCUT2D eigenvalue weighted by atomic mass is 10.2. The van der Waals surface area contributed by atoms with Gasteiger partial charge in [0.1, 0.15) is 16.6 Å². The van der Waals surface area contributed by atoms with Crippen LogP contribution in [0.2, 0.25) is 0 Å². The van der Waals surface area contributed by atoms with E-state index < -0.39 is 0 Å². The average Bonchev–Trinajstić information content (AvgIpc) is 3.30. The third-order valence-electron chi connectivity index (χ3n) is 4.66. The van der Waals surface area contributed by atoms with Crippen LogP contribution < -0.4 is 5.32 Å². The van der Waals surface area contributed by atoms with Gasteiger partial charge < -0.3 is 10.1 Å². The van der Waals surface area contributed by atoms with Crippen molar-refractivity contribution in [3.63, 3.8) is 0 Å². The number of anilines is 1. The molecule has 3 rings (SSSR count). The zero-order valence-electron chi connectivity index (χ0n) is 17.5. The van der Waals surface area contributed by atoms with E-state index >= 15 is 0 Å². The van der Waals surface area contributed by atoms with E-state index in [1.807, 2.05) is 35.7 Å². The Labute approximate surface area is 187 Å². The minimum absolute atomic E-state index is 0.312. The van der Waals surface area contributed by atoms with Gasteiger partial charge in [-0.2, -0.15) is 5.26 Å². The molecule has 0 amide bonds. The van der Waals surface area contributed by atoms with E-state index in [4.69, 9.17) is 4.74 Å². The maximum Gasteiger partial charge on any atom is 0.338 e. The fourth-order valence-corrected chi connectivity index (χ4v) is 3.71. The van der Waals surface area contributed by atoms with Crippen LogP contribution in [0, 0.1) is 11.3 Å². The Balaban J connectivity index is 1.58. The summed E-state index contributed by atoms with van der Waals surface area (Å²) in [5, 5.41) is 15.2. The van der Waals surface area contributed by atoms with Gasteiger partial charge in [-0.15, -0.1) is 11.3 Å². The molecule has 6 heteroatoms. The number of unbranched alkanes of at least 4 members (excludes halogenated alkanes) is 3. The molecule has 1 N–H and O–H groups in total. The van der Waals surface area contributed by atoms with Gasteiger partial charge in [0.25, 0.3) is 0 Å². The Morgan fingerprint density at radius 1 is 1.13 bits per heavy atom. The number of hydrogen-bond acceptors (Lipinski definition) is 6. The van der Waals surface area contributed by atoms with E-state index in [2.05, 4.69) is 23.3 Å². The lowest BCUT2D eigenvalue weighted by Crippen LogP contribution is -2.06. The summed E-state index contributed by atoms with van der Waals surface area (Å²) < 4.78 is 5.31. The highest BCUT2D eigenvalue weighted by Crippen LogP contribution is 2.26. The first-order valence-electron chi connectivity index (χ1n) is 10.4. The molecule has 3 aromatic rings. The summed E-state index contributed by atoms with van der Waals surface area (Å²) in [5.74, 6) is -0.312. The van der Waals surface area contributed by atoms with Crippen molar-refractivity contribution in [2.75, 3.05) is 11.9 Å². The van der Waals surface area contributed by atoms with Crippen LogP contribution in [0.5, 0.6) is 0 Å². The lowest BCUT2D eigenvalue weighted by molar-refractivity contribution is 0.0498. The number of rotatable bonds is 10. The fraction of sp³-hybridized carbons (Fsp3) is 0.240. The zero-order chi connectivity index (χ0) is 21.9. The number of allylic oxidation sites excluding steroid dienone is 1. The van der Waals surface area contributed by atoms with Crippen LogP contribution in [-0.2, 0) is 4.74 Å². The average molecular weight is 432 g/mol. The van der Waals surface area contributed by atoms with Gasteiger partial charge in [0, 0.05) is 22.8 Å². The molecule has 0 unspecified atom stereocenters. The summed E-state index contributed by atoms with van der Waals surface area (Å²) in [6, 6.07) is 19.1. The number of nitrogens with zero attached hydrogens (tertiary/aromatic N) is 2. The van der Waals surface area contributed by atoms with Gasteiger partial charge in [-0.3, -0.25) is 0 Å². The number of hydrogen-bond donors (Lipinski definition) is 1. The lowest BCUT2D eigenvalue weighted by Gasteiger charge is -2.06. The van der Waals surface area contributed by atoms with E-state index in [-0.39, 0.29) is 5.97 Å². The molecule has 31 heavy (non-hydrogen) atoms. The predicted molar refractivity (Wildman–Crippen MR) is 126 cm³/mol. The third kappa shape index (κ3) is 6.53. The molecule has 5 nitrogen and oxygen atoms in total. The Morgan fingerprint density at radius 2 is 1.90 bits per heavy atom. The number of carbonyl (C=O) groups excluding carboxylic acids is 1. The smallest absolute Gasteiger partial charge is 0.338 e. The highest BCUT2D eigenvalue weighted by molar-refractivity contribution is 7.11.